The number of hydrogen-bond donors (Lipinski definition) is 1. The summed E-state index contributed by atoms with van der Waals surface area (Å²) in [6.45, 7) is 1.62. The average molecular weight is 438 g/mol. The number of aromatic hydroxyl groups is 1. The minimum atomic E-state index is -0.759. The molecule has 10 heteroatoms. The summed E-state index contributed by atoms with van der Waals surface area (Å²) in [4.78, 5) is 27.2. The Labute approximate surface area is 159 Å². The predicted octanol–water partition coefficient (Wildman–Crippen LogP) is 3.62. The molecule has 0 saturated carbocycles. The van der Waals surface area contributed by atoms with Crippen molar-refractivity contribution < 1.29 is 10.0 Å². The van der Waals surface area contributed by atoms with Gasteiger partial charge in [0.1, 0.15) is 5.82 Å². The Kier molecular flexibility index (Phi) is 4.75. The molecule has 0 amide bonds. The van der Waals surface area contributed by atoms with E-state index in [-0.39, 0.29) is 16.1 Å². The van der Waals surface area contributed by atoms with Crippen LogP contribution in [0.5, 0.6) is 5.75 Å². The molecule has 0 aliphatic rings. The number of fused-ring (bicyclic) bond motifs is 1. The fraction of sp³-hybridized carbons (Fsp3) is 0.0625. The molecule has 0 bridgehead atoms. The molecule has 3 aromatic rings. The highest BCUT2D eigenvalue weighted by atomic mass is 79.9. The summed E-state index contributed by atoms with van der Waals surface area (Å²) in [6.07, 6.45) is 1.23. The van der Waals surface area contributed by atoms with Gasteiger partial charge in [0.15, 0.2) is 0 Å². The van der Waals surface area contributed by atoms with E-state index in [1.165, 1.54) is 12.3 Å². The van der Waals surface area contributed by atoms with Crippen molar-refractivity contribution in [1.29, 1.82) is 0 Å². The molecule has 132 valence electrons. The van der Waals surface area contributed by atoms with E-state index in [1.54, 1.807) is 25.1 Å². The van der Waals surface area contributed by atoms with Gasteiger partial charge in [-0.1, -0.05) is 27.5 Å². The van der Waals surface area contributed by atoms with Gasteiger partial charge in [-0.05, 0) is 31.2 Å². The molecule has 26 heavy (non-hydrogen) atoms. The lowest BCUT2D eigenvalue weighted by atomic mass is 10.2. The second kappa shape index (κ2) is 6.85. The summed E-state index contributed by atoms with van der Waals surface area (Å²) in [5.41, 5.74) is -0.154. The maximum Gasteiger partial charge on any atom is 0.312 e. The molecule has 1 heterocycles. The van der Waals surface area contributed by atoms with Gasteiger partial charge in [-0.3, -0.25) is 14.9 Å². The highest BCUT2D eigenvalue weighted by Gasteiger charge is 2.17. The van der Waals surface area contributed by atoms with E-state index < -0.39 is 16.4 Å². The first-order valence-corrected chi connectivity index (χ1v) is 8.35. The monoisotopic (exact) mass is 436 g/mol. The van der Waals surface area contributed by atoms with Gasteiger partial charge in [-0.15, -0.1) is 0 Å². The fourth-order valence-electron chi connectivity index (χ4n) is 2.34. The minimum Gasteiger partial charge on any atom is -0.501 e. The Morgan fingerprint density at radius 1 is 1.38 bits per heavy atom. The quantitative estimate of drug-likeness (QED) is 0.382. The Balaban J connectivity index is 2.12. The Bertz CT molecular complexity index is 1140. The Hall–Kier alpha value is -2.78. The maximum atomic E-state index is 12.6. The standard InChI is InChI=1S/C16H10BrClN4O4/c1-8-20-13-3-2-10(17)6-11(13)16(24)21(8)19-7-9-4-12(18)15(23)14(5-9)22(25)26/h2-7,23H,1H3. The van der Waals surface area contributed by atoms with E-state index in [0.29, 0.717) is 16.7 Å². The van der Waals surface area contributed by atoms with E-state index in [1.807, 2.05) is 0 Å². The lowest BCUT2D eigenvalue weighted by molar-refractivity contribution is -0.385. The second-order valence-corrected chi connectivity index (χ2v) is 6.63. The molecule has 0 aliphatic heterocycles. The van der Waals surface area contributed by atoms with Crippen LogP contribution in [-0.4, -0.2) is 25.9 Å². The van der Waals surface area contributed by atoms with Gasteiger partial charge in [-0.2, -0.15) is 9.78 Å². The number of aryl methyl sites for hydroxylation is 1. The molecule has 8 nitrogen and oxygen atoms in total. The number of aromatic nitrogens is 2. The molecule has 0 aliphatic carbocycles. The molecule has 0 radical (unpaired) electrons. The number of phenolic OH excluding ortho intramolecular Hbond substituents is 1. The fourth-order valence-corrected chi connectivity index (χ4v) is 2.92. The van der Waals surface area contributed by atoms with Crippen molar-refractivity contribution in [2.75, 3.05) is 0 Å². The second-order valence-electron chi connectivity index (χ2n) is 5.31. The number of nitrogens with zero attached hydrogens (tertiary/aromatic N) is 4. The highest BCUT2D eigenvalue weighted by molar-refractivity contribution is 9.10. The van der Waals surface area contributed by atoms with Crippen LogP contribution < -0.4 is 5.56 Å². The van der Waals surface area contributed by atoms with Crippen molar-refractivity contribution in [3.8, 4) is 5.75 Å². The van der Waals surface area contributed by atoms with Crippen LogP contribution in [0.4, 0.5) is 5.69 Å². The Morgan fingerprint density at radius 2 is 2.12 bits per heavy atom. The zero-order valence-electron chi connectivity index (χ0n) is 13.2. The SMILES string of the molecule is Cc1nc2ccc(Br)cc2c(=O)n1N=Cc1cc(Cl)c(O)c([N+](=O)[O-])c1. The third-order valence-electron chi connectivity index (χ3n) is 3.55. The van der Waals surface area contributed by atoms with Crippen LogP contribution in [-0.2, 0) is 0 Å². The van der Waals surface area contributed by atoms with Crippen LogP contribution in [0.25, 0.3) is 10.9 Å². The summed E-state index contributed by atoms with van der Waals surface area (Å²) >= 11 is 9.11. The number of halogens is 2. The zero-order valence-corrected chi connectivity index (χ0v) is 15.5. The number of hydrogen-bond acceptors (Lipinski definition) is 6. The lowest BCUT2D eigenvalue weighted by Gasteiger charge is -2.06. The number of nitro benzene ring substituents is 1. The number of nitro groups is 1. The van der Waals surface area contributed by atoms with E-state index >= 15 is 0 Å². The summed E-state index contributed by atoms with van der Waals surface area (Å²) in [5, 5.41) is 24.8. The van der Waals surface area contributed by atoms with Crippen molar-refractivity contribution in [2.24, 2.45) is 5.10 Å². The molecule has 1 N–H and O–H groups in total. The van der Waals surface area contributed by atoms with Crippen LogP contribution in [0.3, 0.4) is 0 Å². The summed E-state index contributed by atoms with van der Waals surface area (Å²) in [5.74, 6) is -0.278. The summed E-state index contributed by atoms with van der Waals surface area (Å²) < 4.78 is 1.81. The summed E-state index contributed by atoms with van der Waals surface area (Å²) in [6, 6.07) is 7.54. The molecule has 0 saturated heterocycles. The molecule has 0 unspecified atom stereocenters. The zero-order chi connectivity index (χ0) is 19.0. The molecule has 3 rings (SSSR count). The molecule has 0 atom stereocenters. The normalized spacial score (nSPS) is 11.3. The first kappa shape index (κ1) is 18.0. The van der Waals surface area contributed by atoms with Crippen molar-refractivity contribution >= 4 is 50.3 Å². The highest BCUT2D eigenvalue weighted by Crippen LogP contribution is 2.34. The van der Waals surface area contributed by atoms with Crippen LogP contribution in [0.1, 0.15) is 11.4 Å². The molecule has 1 aromatic heterocycles. The van der Waals surface area contributed by atoms with Crippen LogP contribution in [0.2, 0.25) is 5.02 Å². The van der Waals surface area contributed by atoms with Crippen LogP contribution in [0, 0.1) is 17.0 Å². The summed E-state index contributed by atoms with van der Waals surface area (Å²) in [7, 11) is 0. The lowest BCUT2D eigenvalue weighted by Crippen LogP contribution is -2.20. The number of rotatable bonds is 3. The van der Waals surface area contributed by atoms with Crippen molar-refractivity contribution in [1.82, 2.24) is 9.66 Å². The van der Waals surface area contributed by atoms with Gasteiger partial charge < -0.3 is 5.11 Å². The van der Waals surface area contributed by atoms with Gasteiger partial charge in [0.05, 0.1) is 27.1 Å². The van der Waals surface area contributed by atoms with Gasteiger partial charge in [-0.25, -0.2) is 4.98 Å². The van der Waals surface area contributed by atoms with Crippen LogP contribution in [0.15, 0.2) is 44.7 Å². The van der Waals surface area contributed by atoms with Gasteiger partial charge in [0, 0.05) is 16.1 Å². The van der Waals surface area contributed by atoms with E-state index in [2.05, 4.69) is 26.0 Å². The first-order chi connectivity index (χ1) is 12.3. The smallest absolute Gasteiger partial charge is 0.312 e. The molecule has 0 spiro atoms. The predicted molar refractivity (Wildman–Crippen MR) is 101 cm³/mol. The molecule has 0 fully saturated rings. The minimum absolute atomic E-state index is 0.190. The van der Waals surface area contributed by atoms with Crippen LogP contribution >= 0.6 is 27.5 Å². The molecule has 2 aromatic carbocycles. The van der Waals surface area contributed by atoms with Crippen molar-refractivity contribution in [3.63, 3.8) is 0 Å². The maximum absolute atomic E-state index is 12.6. The molecular weight excluding hydrogens is 428 g/mol. The van der Waals surface area contributed by atoms with Crippen molar-refractivity contribution in [2.45, 2.75) is 6.92 Å². The third kappa shape index (κ3) is 3.31. The van der Waals surface area contributed by atoms with E-state index in [9.17, 15) is 20.0 Å². The number of phenols is 1. The first-order valence-electron chi connectivity index (χ1n) is 7.18. The molecular formula is C16H10BrClN4O4. The number of benzene rings is 2. The third-order valence-corrected chi connectivity index (χ3v) is 4.34. The van der Waals surface area contributed by atoms with Gasteiger partial charge in [0.2, 0.25) is 5.75 Å². The van der Waals surface area contributed by atoms with Gasteiger partial charge >= 0.3 is 5.69 Å². The Morgan fingerprint density at radius 3 is 2.81 bits per heavy atom. The largest absolute Gasteiger partial charge is 0.501 e. The van der Waals surface area contributed by atoms with E-state index in [0.717, 1.165) is 15.2 Å². The average Bonchev–Trinajstić information content (AvgIpc) is 2.58. The van der Waals surface area contributed by atoms with E-state index in [4.69, 9.17) is 11.6 Å². The van der Waals surface area contributed by atoms with Gasteiger partial charge in [0.25, 0.3) is 5.56 Å². The topological polar surface area (TPSA) is 111 Å². The van der Waals surface area contributed by atoms with Crippen molar-refractivity contribution in [3.05, 3.63) is 71.7 Å².